The molecule has 0 radical (unpaired) electrons. The Morgan fingerprint density at radius 1 is 1.52 bits per heavy atom. The summed E-state index contributed by atoms with van der Waals surface area (Å²) >= 11 is 0. The molecule has 1 saturated heterocycles. The maximum Gasteiger partial charge on any atom is 0.255 e. The normalized spacial score (nSPS) is 18.8. The van der Waals surface area contributed by atoms with E-state index in [1.54, 1.807) is 18.5 Å². The van der Waals surface area contributed by atoms with Gasteiger partial charge in [-0.3, -0.25) is 9.69 Å². The zero-order valence-corrected chi connectivity index (χ0v) is 13.4. The number of piperazine rings is 1. The van der Waals surface area contributed by atoms with E-state index >= 15 is 0 Å². The summed E-state index contributed by atoms with van der Waals surface area (Å²) < 4.78 is 2.01. The summed E-state index contributed by atoms with van der Waals surface area (Å²) in [5, 5.41) is 8.88. The highest BCUT2D eigenvalue weighted by molar-refractivity contribution is 5.94. The lowest BCUT2D eigenvalue weighted by atomic mass is 10.1. The van der Waals surface area contributed by atoms with Crippen molar-refractivity contribution in [3.63, 3.8) is 0 Å². The maximum absolute atomic E-state index is 12.7. The molecule has 1 aliphatic heterocycles. The molecule has 0 unspecified atom stereocenters. The number of nitrogens with one attached hydrogen (secondary N) is 1. The molecule has 120 valence electrons. The molecule has 0 saturated carbocycles. The van der Waals surface area contributed by atoms with Crippen molar-refractivity contribution < 1.29 is 4.79 Å². The van der Waals surface area contributed by atoms with Gasteiger partial charge in [-0.25, -0.2) is 4.98 Å². The van der Waals surface area contributed by atoms with Crippen molar-refractivity contribution in [3.05, 3.63) is 41.7 Å². The fraction of sp³-hybridized carbons (Fsp3) is 0.438. The number of carbonyl (C=O) groups is 1. The van der Waals surface area contributed by atoms with Crippen LogP contribution in [-0.2, 0) is 7.05 Å². The van der Waals surface area contributed by atoms with E-state index in [2.05, 4.69) is 21.8 Å². The second-order valence-electron chi connectivity index (χ2n) is 5.71. The number of aryl methyl sites for hydroxylation is 1. The molecule has 23 heavy (non-hydrogen) atoms. The number of imidazole rings is 1. The van der Waals surface area contributed by atoms with Gasteiger partial charge in [0.2, 0.25) is 0 Å². The first kappa shape index (κ1) is 15.3. The van der Waals surface area contributed by atoms with Crippen LogP contribution in [0.5, 0.6) is 0 Å². The van der Waals surface area contributed by atoms with Crippen LogP contribution in [0.25, 0.3) is 0 Å². The summed E-state index contributed by atoms with van der Waals surface area (Å²) in [6.45, 7) is 5.14. The van der Waals surface area contributed by atoms with Gasteiger partial charge in [0.25, 0.3) is 5.91 Å². The van der Waals surface area contributed by atoms with Crippen LogP contribution in [0, 0.1) is 11.3 Å². The van der Waals surface area contributed by atoms with Gasteiger partial charge in [-0.15, -0.1) is 0 Å². The summed E-state index contributed by atoms with van der Waals surface area (Å²) in [6.07, 6.45) is 5.31. The minimum atomic E-state index is -0.0438. The molecule has 1 amide bonds. The Morgan fingerprint density at radius 3 is 2.96 bits per heavy atom. The van der Waals surface area contributed by atoms with Crippen LogP contribution in [0.1, 0.15) is 34.8 Å². The number of nitriles is 1. The largest absolute Gasteiger partial charge is 0.352 e. The van der Waals surface area contributed by atoms with Crippen molar-refractivity contribution in [1.29, 1.82) is 5.26 Å². The fourth-order valence-corrected chi connectivity index (χ4v) is 3.09. The Balaban J connectivity index is 1.81. The number of carbonyl (C=O) groups excluding carboxylic acids is 1. The molecule has 0 bridgehead atoms. The van der Waals surface area contributed by atoms with E-state index in [1.165, 1.54) is 0 Å². The van der Waals surface area contributed by atoms with Gasteiger partial charge < -0.3 is 14.5 Å². The van der Waals surface area contributed by atoms with Crippen LogP contribution in [0.2, 0.25) is 0 Å². The second kappa shape index (κ2) is 6.26. The van der Waals surface area contributed by atoms with E-state index in [9.17, 15) is 4.79 Å². The van der Waals surface area contributed by atoms with E-state index in [4.69, 9.17) is 5.26 Å². The molecule has 3 heterocycles. The first-order valence-electron chi connectivity index (χ1n) is 7.73. The monoisotopic (exact) mass is 312 g/mol. The third-order valence-corrected chi connectivity index (χ3v) is 4.39. The van der Waals surface area contributed by atoms with Crippen LogP contribution < -0.4 is 0 Å². The average Bonchev–Trinajstić information content (AvgIpc) is 3.22. The molecular formula is C16H20N6O. The number of hydrogen-bond acceptors (Lipinski definition) is 4. The standard InChI is InChI=1S/C16H20N6O/c1-3-21-6-7-22(11-14(21)15-18-4-5-20(15)2)16(23)12-8-13(9-17)19-10-12/h4-5,8,10,14,19H,3,6-7,11H2,1-2H3/t14-/m0/s1. The number of H-pyrrole nitrogens is 1. The van der Waals surface area contributed by atoms with Gasteiger partial charge in [0.15, 0.2) is 0 Å². The number of aromatic amines is 1. The molecule has 1 aliphatic rings. The van der Waals surface area contributed by atoms with E-state index in [0.29, 0.717) is 24.3 Å². The molecule has 7 nitrogen and oxygen atoms in total. The van der Waals surface area contributed by atoms with Crippen LogP contribution >= 0.6 is 0 Å². The highest BCUT2D eigenvalue weighted by Crippen LogP contribution is 2.24. The van der Waals surface area contributed by atoms with Gasteiger partial charge in [0, 0.05) is 45.3 Å². The number of rotatable bonds is 3. The predicted octanol–water partition coefficient (Wildman–Crippen LogP) is 1.14. The summed E-state index contributed by atoms with van der Waals surface area (Å²) in [4.78, 5) is 24.1. The fourth-order valence-electron chi connectivity index (χ4n) is 3.09. The molecule has 1 fully saturated rings. The molecule has 2 aromatic rings. The summed E-state index contributed by atoms with van der Waals surface area (Å²) in [6, 6.07) is 3.70. The quantitative estimate of drug-likeness (QED) is 0.921. The molecule has 1 atom stereocenters. The van der Waals surface area contributed by atoms with Crippen molar-refractivity contribution >= 4 is 5.91 Å². The van der Waals surface area contributed by atoms with E-state index in [0.717, 1.165) is 18.9 Å². The zero-order valence-electron chi connectivity index (χ0n) is 13.4. The van der Waals surface area contributed by atoms with Crippen LogP contribution in [0.3, 0.4) is 0 Å². The Labute approximate surface area is 135 Å². The molecule has 2 aromatic heterocycles. The number of nitrogens with zero attached hydrogens (tertiary/aromatic N) is 5. The van der Waals surface area contributed by atoms with Crippen molar-refractivity contribution in [1.82, 2.24) is 24.3 Å². The number of likely N-dealkylation sites (N-methyl/N-ethyl adjacent to an activating group) is 1. The van der Waals surface area contributed by atoms with Crippen LogP contribution in [-0.4, -0.2) is 56.4 Å². The van der Waals surface area contributed by atoms with Gasteiger partial charge in [-0.2, -0.15) is 5.26 Å². The van der Waals surface area contributed by atoms with Gasteiger partial charge in [-0.1, -0.05) is 6.92 Å². The Morgan fingerprint density at radius 2 is 2.35 bits per heavy atom. The molecule has 3 rings (SSSR count). The van der Waals surface area contributed by atoms with E-state index in [-0.39, 0.29) is 11.9 Å². The molecule has 1 N–H and O–H groups in total. The van der Waals surface area contributed by atoms with Crippen molar-refractivity contribution in [3.8, 4) is 6.07 Å². The van der Waals surface area contributed by atoms with Gasteiger partial charge in [-0.05, 0) is 12.6 Å². The van der Waals surface area contributed by atoms with Gasteiger partial charge in [0.05, 0.1) is 11.6 Å². The molecule has 0 aromatic carbocycles. The summed E-state index contributed by atoms with van der Waals surface area (Å²) in [5.41, 5.74) is 0.936. The second-order valence-corrected chi connectivity index (χ2v) is 5.71. The van der Waals surface area contributed by atoms with Gasteiger partial charge in [0.1, 0.15) is 17.6 Å². The van der Waals surface area contributed by atoms with Crippen LogP contribution in [0.4, 0.5) is 0 Å². The SMILES string of the molecule is CCN1CCN(C(=O)c2c[nH]c(C#N)c2)C[C@H]1c1nccn1C. The third-order valence-electron chi connectivity index (χ3n) is 4.39. The van der Waals surface area contributed by atoms with E-state index in [1.807, 2.05) is 28.8 Å². The minimum Gasteiger partial charge on any atom is -0.352 e. The molecule has 0 spiro atoms. The average molecular weight is 312 g/mol. The Hall–Kier alpha value is -2.59. The van der Waals surface area contributed by atoms with E-state index < -0.39 is 0 Å². The number of aromatic nitrogens is 3. The highest BCUT2D eigenvalue weighted by atomic mass is 16.2. The first-order chi connectivity index (χ1) is 11.1. The Bertz CT molecular complexity index is 740. The Kier molecular flexibility index (Phi) is 4.17. The van der Waals surface area contributed by atoms with Crippen molar-refractivity contribution in [2.24, 2.45) is 7.05 Å². The highest BCUT2D eigenvalue weighted by Gasteiger charge is 2.32. The predicted molar refractivity (Wildman–Crippen MR) is 84.6 cm³/mol. The van der Waals surface area contributed by atoms with Crippen LogP contribution in [0.15, 0.2) is 24.7 Å². The van der Waals surface area contributed by atoms with Crippen molar-refractivity contribution in [2.75, 3.05) is 26.2 Å². The van der Waals surface area contributed by atoms with Crippen molar-refractivity contribution in [2.45, 2.75) is 13.0 Å². The maximum atomic E-state index is 12.7. The lowest BCUT2D eigenvalue weighted by Crippen LogP contribution is -2.50. The zero-order chi connectivity index (χ0) is 16.4. The minimum absolute atomic E-state index is 0.0438. The summed E-state index contributed by atoms with van der Waals surface area (Å²) in [5.74, 6) is 0.925. The summed E-state index contributed by atoms with van der Waals surface area (Å²) in [7, 11) is 1.97. The first-order valence-corrected chi connectivity index (χ1v) is 7.73. The molecule has 7 heteroatoms. The lowest BCUT2D eigenvalue weighted by molar-refractivity contribution is 0.0473. The number of hydrogen-bond donors (Lipinski definition) is 1. The topological polar surface area (TPSA) is 81.0 Å². The van der Waals surface area contributed by atoms with Gasteiger partial charge >= 0.3 is 0 Å². The molecule has 0 aliphatic carbocycles. The smallest absolute Gasteiger partial charge is 0.255 e. The third kappa shape index (κ3) is 2.85. The number of amides is 1. The lowest BCUT2D eigenvalue weighted by Gasteiger charge is -2.40. The molecular weight excluding hydrogens is 292 g/mol.